The van der Waals surface area contributed by atoms with E-state index in [0.29, 0.717) is 12.3 Å². The van der Waals surface area contributed by atoms with E-state index in [4.69, 9.17) is 10.8 Å². The number of aliphatic hydroxyl groups excluding tert-OH is 1. The maximum absolute atomic E-state index is 8.90. The molecule has 0 aromatic carbocycles. The SMILES string of the molecule is C=CCSC[C@@H](O)CN. The highest BCUT2D eigenvalue weighted by Gasteiger charge is 1.97. The van der Waals surface area contributed by atoms with Gasteiger partial charge >= 0.3 is 0 Å². The van der Waals surface area contributed by atoms with E-state index in [-0.39, 0.29) is 6.10 Å². The topological polar surface area (TPSA) is 46.2 Å². The molecule has 0 radical (unpaired) electrons. The van der Waals surface area contributed by atoms with Crippen LogP contribution in [0.1, 0.15) is 0 Å². The van der Waals surface area contributed by atoms with Crippen molar-refractivity contribution in [1.82, 2.24) is 0 Å². The molecule has 9 heavy (non-hydrogen) atoms. The Morgan fingerprint density at radius 1 is 1.78 bits per heavy atom. The Balaban J connectivity index is 2.96. The normalized spacial score (nSPS) is 13.1. The van der Waals surface area contributed by atoms with Crippen LogP contribution in [-0.2, 0) is 0 Å². The zero-order chi connectivity index (χ0) is 7.11. The molecule has 2 nitrogen and oxygen atoms in total. The summed E-state index contributed by atoms with van der Waals surface area (Å²) in [4.78, 5) is 0. The van der Waals surface area contributed by atoms with Crippen molar-refractivity contribution in [3.63, 3.8) is 0 Å². The van der Waals surface area contributed by atoms with Gasteiger partial charge in [-0.15, -0.1) is 6.58 Å². The molecule has 0 saturated carbocycles. The van der Waals surface area contributed by atoms with Crippen LogP contribution in [0, 0.1) is 0 Å². The van der Waals surface area contributed by atoms with Crippen molar-refractivity contribution in [2.75, 3.05) is 18.1 Å². The van der Waals surface area contributed by atoms with Gasteiger partial charge in [-0.05, 0) is 0 Å². The maximum Gasteiger partial charge on any atom is 0.0752 e. The number of aliphatic hydroxyl groups is 1. The molecule has 0 spiro atoms. The summed E-state index contributed by atoms with van der Waals surface area (Å²) in [6.07, 6.45) is 1.46. The minimum absolute atomic E-state index is 0.351. The second-order valence-electron chi connectivity index (χ2n) is 1.72. The van der Waals surface area contributed by atoms with E-state index in [1.54, 1.807) is 11.8 Å². The second kappa shape index (κ2) is 6.13. The van der Waals surface area contributed by atoms with Gasteiger partial charge in [0, 0.05) is 18.1 Å². The van der Waals surface area contributed by atoms with E-state index in [1.165, 1.54) is 0 Å². The second-order valence-corrected chi connectivity index (χ2v) is 2.79. The fraction of sp³-hybridized carbons (Fsp3) is 0.667. The Bertz CT molecular complexity index is 77.5. The predicted octanol–water partition coefficient (Wildman–Crippen LogP) is 0.225. The van der Waals surface area contributed by atoms with Gasteiger partial charge in [-0.25, -0.2) is 0 Å². The highest BCUT2D eigenvalue weighted by atomic mass is 32.2. The van der Waals surface area contributed by atoms with Gasteiger partial charge < -0.3 is 10.8 Å². The highest BCUT2D eigenvalue weighted by molar-refractivity contribution is 7.99. The van der Waals surface area contributed by atoms with E-state index in [9.17, 15) is 0 Å². The van der Waals surface area contributed by atoms with Crippen molar-refractivity contribution < 1.29 is 5.11 Å². The third-order valence-corrected chi connectivity index (χ3v) is 1.91. The molecule has 0 fully saturated rings. The Morgan fingerprint density at radius 3 is 2.89 bits per heavy atom. The molecule has 54 valence electrons. The molecule has 0 aliphatic heterocycles. The average molecular weight is 147 g/mol. The first kappa shape index (κ1) is 9.01. The Morgan fingerprint density at radius 2 is 2.44 bits per heavy atom. The van der Waals surface area contributed by atoms with Gasteiger partial charge in [-0.3, -0.25) is 0 Å². The monoisotopic (exact) mass is 147 g/mol. The van der Waals surface area contributed by atoms with Crippen LogP contribution >= 0.6 is 11.8 Å². The van der Waals surface area contributed by atoms with Crippen LogP contribution in [-0.4, -0.2) is 29.3 Å². The van der Waals surface area contributed by atoms with Gasteiger partial charge in [-0.1, -0.05) is 6.08 Å². The molecule has 0 aromatic heterocycles. The molecule has 1 atom stereocenters. The van der Waals surface area contributed by atoms with Crippen molar-refractivity contribution >= 4 is 11.8 Å². The van der Waals surface area contributed by atoms with Gasteiger partial charge in [0.2, 0.25) is 0 Å². The Labute approximate surface area is 60.1 Å². The molecule has 0 aromatic rings. The minimum Gasteiger partial charge on any atom is -0.391 e. The maximum atomic E-state index is 8.90. The lowest BCUT2D eigenvalue weighted by molar-refractivity contribution is 0.208. The summed E-state index contributed by atoms with van der Waals surface area (Å²) >= 11 is 1.64. The highest BCUT2D eigenvalue weighted by Crippen LogP contribution is 2.01. The zero-order valence-corrected chi connectivity index (χ0v) is 6.23. The summed E-state index contributed by atoms with van der Waals surface area (Å²) in [5.74, 6) is 1.60. The molecule has 0 saturated heterocycles. The molecular formula is C6H13NOS. The summed E-state index contributed by atoms with van der Waals surface area (Å²) in [5.41, 5.74) is 5.17. The van der Waals surface area contributed by atoms with Crippen molar-refractivity contribution in [2.45, 2.75) is 6.10 Å². The average Bonchev–Trinajstić information content (AvgIpc) is 1.89. The van der Waals surface area contributed by atoms with Crippen LogP contribution in [0.2, 0.25) is 0 Å². The first-order valence-electron chi connectivity index (χ1n) is 2.88. The van der Waals surface area contributed by atoms with E-state index in [0.717, 1.165) is 5.75 Å². The lowest BCUT2D eigenvalue weighted by atomic mass is 10.4. The third kappa shape index (κ3) is 5.89. The van der Waals surface area contributed by atoms with Crippen LogP contribution in [0.25, 0.3) is 0 Å². The van der Waals surface area contributed by atoms with Crippen molar-refractivity contribution in [2.24, 2.45) is 5.73 Å². The smallest absolute Gasteiger partial charge is 0.0752 e. The summed E-state index contributed by atoms with van der Waals surface area (Å²) in [6.45, 7) is 3.90. The summed E-state index contributed by atoms with van der Waals surface area (Å²) < 4.78 is 0. The van der Waals surface area contributed by atoms with Crippen LogP contribution in [0.4, 0.5) is 0 Å². The van der Waals surface area contributed by atoms with Crippen LogP contribution in [0.5, 0.6) is 0 Å². The van der Waals surface area contributed by atoms with Crippen molar-refractivity contribution in [3.05, 3.63) is 12.7 Å². The van der Waals surface area contributed by atoms with Gasteiger partial charge in [0.15, 0.2) is 0 Å². The number of thioether (sulfide) groups is 1. The Hall–Kier alpha value is 0.01000. The molecule has 0 heterocycles. The summed E-state index contributed by atoms with van der Waals surface area (Å²) in [6, 6.07) is 0. The molecule has 0 bridgehead atoms. The van der Waals surface area contributed by atoms with E-state index < -0.39 is 0 Å². The molecule has 0 aliphatic rings. The summed E-state index contributed by atoms with van der Waals surface area (Å²) in [5, 5.41) is 8.90. The van der Waals surface area contributed by atoms with E-state index in [2.05, 4.69) is 6.58 Å². The standard InChI is InChI=1S/C6H13NOS/c1-2-3-9-5-6(8)4-7/h2,6,8H,1,3-5,7H2/t6-/m0/s1. The predicted molar refractivity (Wildman–Crippen MR) is 42.6 cm³/mol. The van der Waals surface area contributed by atoms with Crippen molar-refractivity contribution in [1.29, 1.82) is 0 Å². The Kier molecular flexibility index (Phi) is 6.14. The fourth-order valence-electron chi connectivity index (χ4n) is 0.355. The zero-order valence-electron chi connectivity index (χ0n) is 5.42. The fourth-order valence-corrected chi connectivity index (χ4v) is 1.07. The van der Waals surface area contributed by atoms with E-state index >= 15 is 0 Å². The van der Waals surface area contributed by atoms with Crippen LogP contribution in [0.15, 0.2) is 12.7 Å². The molecular weight excluding hydrogens is 134 g/mol. The lowest BCUT2D eigenvalue weighted by Crippen LogP contribution is -2.21. The molecule has 3 heteroatoms. The van der Waals surface area contributed by atoms with Gasteiger partial charge in [0.05, 0.1) is 6.10 Å². The van der Waals surface area contributed by atoms with Gasteiger partial charge in [0.1, 0.15) is 0 Å². The molecule has 0 amide bonds. The molecule has 0 rings (SSSR count). The first-order valence-corrected chi connectivity index (χ1v) is 4.03. The largest absolute Gasteiger partial charge is 0.391 e. The number of nitrogens with two attached hydrogens (primary N) is 1. The molecule has 0 unspecified atom stereocenters. The minimum atomic E-state index is -0.352. The third-order valence-electron chi connectivity index (χ3n) is 0.818. The van der Waals surface area contributed by atoms with Crippen LogP contribution in [0.3, 0.4) is 0 Å². The molecule has 0 aliphatic carbocycles. The van der Waals surface area contributed by atoms with Gasteiger partial charge in [0.25, 0.3) is 0 Å². The van der Waals surface area contributed by atoms with Crippen LogP contribution < -0.4 is 5.73 Å². The van der Waals surface area contributed by atoms with Crippen molar-refractivity contribution in [3.8, 4) is 0 Å². The van der Waals surface area contributed by atoms with Gasteiger partial charge in [-0.2, -0.15) is 11.8 Å². The van der Waals surface area contributed by atoms with E-state index in [1.807, 2.05) is 6.08 Å². The number of rotatable bonds is 5. The summed E-state index contributed by atoms with van der Waals surface area (Å²) in [7, 11) is 0. The number of hydrogen-bond acceptors (Lipinski definition) is 3. The first-order chi connectivity index (χ1) is 4.31. The molecule has 3 N–H and O–H groups in total. The lowest BCUT2D eigenvalue weighted by Gasteiger charge is -2.03. The quantitative estimate of drug-likeness (QED) is 0.432. The number of hydrogen-bond donors (Lipinski definition) is 2.